The molecule has 0 atom stereocenters. The quantitative estimate of drug-likeness (QED) is 0.878. The van der Waals surface area contributed by atoms with Gasteiger partial charge in [-0.2, -0.15) is 0 Å². The molecule has 0 saturated carbocycles. The van der Waals surface area contributed by atoms with Gasteiger partial charge < -0.3 is 5.11 Å². The molecule has 22 heavy (non-hydrogen) atoms. The van der Waals surface area contributed by atoms with E-state index >= 15 is 0 Å². The van der Waals surface area contributed by atoms with E-state index in [9.17, 15) is 14.7 Å². The molecule has 0 aliphatic heterocycles. The Kier molecular flexibility index (Phi) is 3.63. The van der Waals surface area contributed by atoms with E-state index in [4.69, 9.17) is 0 Å². The minimum Gasteiger partial charge on any atom is -0.507 e. The van der Waals surface area contributed by atoms with E-state index in [0.29, 0.717) is 18.4 Å². The maximum absolute atomic E-state index is 12.2. The molecule has 3 nitrogen and oxygen atoms in total. The molecule has 0 amide bonds. The van der Waals surface area contributed by atoms with Crippen LogP contribution in [0.25, 0.3) is 5.76 Å². The van der Waals surface area contributed by atoms with Crippen molar-refractivity contribution >= 4 is 17.3 Å². The predicted molar refractivity (Wildman–Crippen MR) is 84.8 cm³/mol. The van der Waals surface area contributed by atoms with Crippen LogP contribution in [0.1, 0.15) is 33.5 Å². The van der Waals surface area contributed by atoms with Crippen molar-refractivity contribution in [3.05, 3.63) is 76.4 Å². The predicted octanol–water partition coefficient (Wildman–Crippen LogP) is 3.66. The Bertz CT molecular complexity index is 783. The van der Waals surface area contributed by atoms with Gasteiger partial charge in [0.15, 0.2) is 0 Å². The van der Waals surface area contributed by atoms with Gasteiger partial charge in [-0.1, -0.05) is 54.1 Å². The fraction of sp³-hybridized carbons (Fsp3) is 0.158. The molecular weight excluding hydrogens is 276 g/mol. The first-order valence-corrected chi connectivity index (χ1v) is 7.24. The number of aliphatic hydroxyl groups is 1. The van der Waals surface area contributed by atoms with Gasteiger partial charge in [0.1, 0.15) is 5.76 Å². The number of hydrogen-bond acceptors (Lipinski definition) is 3. The molecule has 0 unspecified atom stereocenters. The molecule has 1 aliphatic carbocycles. The number of hydrogen-bond donors (Lipinski definition) is 1. The van der Waals surface area contributed by atoms with E-state index in [2.05, 4.69) is 0 Å². The van der Waals surface area contributed by atoms with Gasteiger partial charge in [0.2, 0.25) is 11.6 Å². The number of carbonyl (C=O) groups excluding carboxylic acids is 2. The third-order valence-electron chi connectivity index (χ3n) is 3.98. The molecule has 0 heterocycles. The van der Waals surface area contributed by atoms with Crippen LogP contribution in [0.15, 0.2) is 54.1 Å². The number of Topliss-reactive ketones (excluding diaryl/α,β-unsaturated/α-hetero) is 2. The standard InChI is InChI=1S/C19H16O3/c1-12-6-8-13(9-7-12)10-11-16-17(20)14-4-2-3-5-15(14)18(21)19(16)22/h2-9,20H,10-11H2,1H3. The Balaban J connectivity index is 1.91. The van der Waals surface area contributed by atoms with E-state index in [0.717, 1.165) is 5.56 Å². The summed E-state index contributed by atoms with van der Waals surface area (Å²) in [6, 6.07) is 14.7. The molecule has 2 aromatic rings. The number of benzene rings is 2. The van der Waals surface area contributed by atoms with E-state index in [1.807, 2.05) is 31.2 Å². The van der Waals surface area contributed by atoms with Gasteiger partial charge in [-0.25, -0.2) is 0 Å². The summed E-state index contributed by atoms with van der Waals surface area (Å²) in [5.74, 6) is -1.19. The van der Waals surface area contributed by atoms with Crippen LogP contribution in [0.3, 0.4) is 0 Å². The van der Waals surface area contributed by atoms with Gasteiger partial charge in [0.05, 0.1) is 0 Å². The second-order valence-electron chi connectivity index (χ2n) is 5.52. The monoisotopic (exact) mass is 292 g/mol. The molecule has 0 saturated heterocycles. The molecular formula is C19H16O3. The Labute approximate surface area is 128 Å². The molecule has 0 aromatic heterocycles. The maximum atomic E-state index is 12.2. The molecule has 3 rings (SSSR count). The van der Waals surface area contributed by atoms with Crippen LogP contribution in [0, 0.1) is 6.92 Å². The normalized spacial score (nSPS) is 14.2. The van der Waals surface area contributed by atoms with Gasteiger partial charge in [-0.05, 0) is 25.3 Å². The van der Waals surface area contributed by atoms with E-state index in [-0.39, 0.29) is 16.9 Å². The van der Waals surface area contributed by atoms with Crippen LogP contribution in [0.4, 0.5) is 0 Å². The first kappa shape index (κ1) is 14.3. The molecule has 2 aromatic carbocycles. The lowest BCUT2D eigenvalue weighted by molar-refractivity contribution is -0.112. The van der Waals surface area contributed by atoms with Crippen LogP contribution < -0.4 is 0 Å². The zero-order valence-corrected chi connectivity index (χ0v) is 12.3. The van der Waals surface area contributed by atoms with E-state index in [1.54, 1.807) is 24.3 Å². The zero-order chi connectivity index (χ0) is 15.7. The summed E-state index contributed by atoms with van der Waals surface area (Å²) in [5, 5.41) is 10.3. The van der Waals surface area contributed by atoms with Crippen molar-refractivity contribution in [2.45, 2.75) is 19.8 Å². The van der Waals surface area contributed by atoms with Crippen LogP contribution in [0.2, 0.25) is 0 Å². The summed E-state index contributed by atoms with van der Waals surface area (Å²) >= 11 is 0. The highest BCUT2D eigenvalue weighted by Gasteiger charge is 2.31. The molecule has 0 spiro atoms. The molecule has 0 radical (unpaired) electrons. The minimum atomic E-state index is -0.594. The van der Waals surface area contributed by atoms with Gasteiger partial charge >= 0.3 is 0 Å². The number of aliphatic hydroxyl groups excluding tert-OH is 1. The lowest BCUT2D eigenvalue weighted by Gasteiger charge is -2.17. The van der Waals surface area contributed by atoms with Crippen LogP contribution in [-0.4, -0.2) is 16.7 Å². The lowest BCUT2D eigenvalue weighted by Crippen LogP contribution is -2.24. The van der Waals surface area contributed by atoms with Gasteiger partial charge in [-0.15, -0.1) is 0 Å². The number of rotatable bonds is 3. The Morgan fingerprint density at radius 2 is 1.45 bits per heavy atom. The highest BCUT2D eigenvalue weighted by molar-refractivity contribution is 6.52. The third kappa shape index (κ3) is 2.46. The first-order valence-electron chi connectivity index (χ1n) is 7.24. The number of allylic oxidation sites excluding steroid dienone is 1. The largest absolute Gasteiger partial charge is 0.507 e. The Morgan fingerprint density at radius 1 is 0.818 bits per heavy atom. The van der Waals surface area contributed by atoms with Crippen molar-refractivity contribution in [2.24, 2.45) is 0 Å². The van der Waals surface area contributed by atoms with Gasteiger partial charge in [0, 0.05) is 16.7 Å². The third-order valence-corrected chi connectivity index (χ3v) is 3.98. The van der Waals surface area contributed by atoms with Crippen molar-refractivity contribution < 1.29 is 14.7 Å². The van der Waals surface area contributed by atoms with Gasteiger partial charge in [0.25, 0.3) is 0 Å². The van der Waals surface area contributed by atoms with Gasteiger partial charge in [-0.3, -0.25) is 9.59 Å². The summed E-state index contributed by atoms with van der Waals surface area (Å²) in [6.07, 6.45) is 0.967. The highest BCUT2D eigenvalue weighted by atomic mass is 16.3. The summed E-state index contributed by atoms with van der Waals surface area (Å²) in [4.78, 5) is 24.3. The number of aryl methyl sites for hydroxylation is 2. The average Bonchev–Trinajstić information content (AvgIpc) is 2.54. The Morgan fingerprint density at radius 3 is 2.14 bits per heavy atom. The van der Waals surface area contributed by atoms with E-state index < -0.39 is 11.6 Å². The minimum absolute atomic E-state index is 0.0627. The van der Waals surface area contributed by atoms with Crippen molar-refractivity contribution in [3.63, 3.8) is 0 Å². The second kappa shape index (κ2) is 5.60. The van der Waals surface area contributed by atoms with E-state index in [1.165, 1.54) is 5.56 Å². The van der Waals surface area contributed by atoms with Crippen molar-refractivity contribution in [2.75, 3.05) is 0 Å². The highest BCUT2D eigenvalue weighted by Crippen LogP contribution is 2.29. The molecule has 0 fully saturated rings. The van der Waals surface area contributed by atoms with Crippen LogP contribution >= 0.6 is 0 Å². The van der Waals surface area contributed by atoms with Crippen molar-refractivity contribution in [1.82, 2.24) is 0 Å². The van der Waals surface area contributed by atoms with Crippen molar-refractivity contribution in [1.29, 1.82) is 0 Å². The SMILES string of the molecule is Cc1ccc(CCC2=C(O)c3ccccc3C(=O)C2=O)cc1. The molecule has 0 bridgehead atoms. The van der Waals surface area contributed by atoms with Crippen LogP contribution in [-0.2, 0) is 11.2 Å². The summed E-state index contributed by atoms with van der Waals surface area (Å²) in [6.45, 7) is 2.01. The summed E-state index contributed by atoms with van der Waals surface area (Å²) in [7, 11) is 0. The zero-order valence-electron chi connectivity index (χ0n) is 12.3. The van der Waals surface area contributed by atoms with Crippen molar-refractivity contribution in [3.8, 4) is 0 Å². The number of fused-ring (bicyclic) bond motifs is 1. The average molecular weight is 292 g/mol. The number of ketones is 2. The fourth-order valence-corrected chi connectivity index (χ4v) is 2.67. The lowest BCUT2D eigenvalue weighted by atomic mass is 9.86. The molecule has 110 valence electrons. The Hall–Kier alpha value is -2.68. The molecule has 1 N–H and O–H groups in total. The first-order chi connectivity index (χ1) is 10.6. The molecule has 1 aliphatic rings. The summed E-state index contributed by atoms with van der Waals surface area (Å²) < 4.78 is 0. The smallest absolute Gasteiger partial charge is 0.234 e. The molecule has 3 heteroatoms. The topological polar surface area (TPSA) is 54.4 Å². The second-order valence-corrected chi connectivity index (χ2v) is 5.52. The fourth-order valence-electron chi connectivity index (χ4n) is 2.67. The summed E-state index contributed by atoms with van der Waals surface area (Å²) in [5.41, 5.74) is 3.19. The number of carbonyl (C=O) groups is 2. The van der Waals surface area contributed by atoms with Crippen LogP contribution in [0.5, 0.6) is 0 Å². The maximum Gasteiger partial charge on any atom is 0.234 e.